The first-order chi connectivity index (χ1) is 19.0. The van der Waals surface area contributed by atoms with Gasteiger partial charge in [0.25, 0.3) is 0 Å². The van der Waals surface area contributed by atoms with Crippen molar-refractivity contribution in [3.8, 4) is 0 Å². The predicted octanol–water partition coefficient (Wildman–Crippen LogP) is -1.22. The Morgan fingerprint density at radius 1 is 0.775 bits per heavy atom. The molecule has 1 saturated heterocycles. The Kier molecular flexibility index (Phi) is 17.8. The highest BCUT2D eigenvalue weighted by molar-refractivity contribution is 8.01. The monoisotopic (exact) mass is 585 g/mol. The summed E-state index contributed by atoms with van der Waals surface area (Å²) in [6, 6.07) is 0. The summed E-state index contributed by atoms with van der Waals surface area (Å²) in [7, 11) is 3.93. The number of amides is 6. The van der Waals surface area contributed by atoms with E-state index in [0.29, 0.717) is 32.7 Å². The lowest BCUT2D eigenvalue weighted by molar-refractivity contribution is -0.138. The minimum atomic E-state index is -0.607. The van der Waals surface area contributed by atoms with Crippen LogP contribution in [0.1, 0.15) is 46.0 Å². The maximum absolute atomic E-state index is 12.6. The van der Waals surface area contributed by atoms with Crippen LogP contribution in [0.25, 0.3) is 0 Å². The van der Waals surface area contributed by atoms with Gasteiger partial charge < -0.3 is 31.1 Å². The molecule has 0 bridgehead atoms. The van der Waals surface area contributed by atoms with Gasteiger partial charge in [-0.15, -0.1) is 11.8 Å². The van der Waals surface area contributed by atoms with Crippen LogP contribution in [0.5, 0.6) is 0 Å². The van der Waals surface area contributed by atoms with Gasteiger partial charge in [0.15, 0.2) is 0 Å². The van der Waals surface area contributed by atoms with Gasteiger partial charge in [-0.2, -0.15) is 0 Å². The third-order valence-electron chi connectivity index (χ3n) is 6.22. The molecular weight excluding hydrogens is 538 g/mol. The molecule has 1 aliphatic rings. The second kappa shape index (κ2) is 20.2. The molecule has 1 aliphatic heterocycles. The van der Waals surface area contributed by atoms with Crippen LogP contribution < -0.4 is 21.3 Å². The van der Waals surface area contributed by atoms with Gasteiger partial charge in [0, 0.05) is 66.0 Å². The molecule has 6 amide bonds. The number of hydrogen-bond acceptors (Lipinski definition) is 9. The molecule has 0 aromatic carbocycles. The molecule has 14 heteroatoms. The Morgan fingerprint density at radius 3 is 1.85 bits per heavy atom. The van der Waals surface area contributed by atoms with Gasteiger partial charge in [0.1, 0.15) is 0 Å². The quantitative estimate of drug-likeness (QED) is 0.0956. The van der Waals surface area contributed by atoms with Crippen molar-refractivity contribution in [2.45, 2.75) is 51.2 Å². The van der Waals surface area contributed by atoms with Crippen LogP contribution in [-0.4, -0.2) is 134 Å². The van der Waals surface area contributed by atoms with E-state index < -0.39 is 5.25 Å². The molecular formula is C26H47N7O6S. The highest BCUT2D eigenvalue weighted by Crippen LogP contribution is 2.25. The largest absolute Gasteiger partial charge is 0.356 e. The zero-order valence-electron chi connectivity index (χ0n) is 24.4. The van der Waals surface area contributed by atoms with Gasteiger partial charge in [0.2, 0.25) is 35.4 Å². The molecule has 0 aromatic rings. The standard InChI is InChI=1S/C26H47N7O6S/c1-20(34)27-9-5-13-31(3)14-7-11-30-24(37)19-40-22-18-25(38)33(26(22)39)16-8-23(36)29-10-6-15-32(4)17-12-28-21(2)35/h22H,5-19H2,1-4H3,(H,27,34)(H,28,35)(H,29,36)(H,30,37). The third-order valence-corrected chi connectivity index (χ3v) is 7.42. The maximum Gasteiger partial charge on any atom is 0.242 e. The number of likely N-dealkylation sites (tertiary alicyclic amines) is 1. The van der Waals surface area contributed by atoms with E-state index in [4.69, 9.17) is 0 Å². The summed E-state index contributed by atoms with van der Waals surface area (Å²) < 4.78 is 0. The first-order valence-electron chi connectivity index (χ1n) is 13.8. The number of likely N-dealkylation sites (N-methyl/N-ethyl adjacent to an activating group) is 1. The lowest BCUT2D eigenvalue weighted by atomic mass is 10.3. The molecule has 13 nitrogen and oxygen atoms in total. The number of imide groups is 1. The molecule has 1 atom stereocenters. The van der Waals surface area contributed by atoms with Crippen LogP contribution in [0.3, 0.4) is 0 Å². The average Bonchev–Trinajstić information content (AvgIpc) is 3.16. The fourth-order valence-corrected chi connectivity index (χ4v) is 4.95. The molecule has 1 heterocycles. The van der Waals surface area contributed by atoms with Gasteiger partial charge in [-0.1, -0.05) is 0 Å². The van der Waals surface area contributed by atoms with E-state index in [2.05, 4.69) is 31.1 Å². The summed E-state index contributed by atoms with van der Waals surface area (Å²) in [6.45, 7) is 8.33. The zero-order valence-corrected chi connectivity index (χ0v) is 25.2. The van der Waals surface area contributed by atoms with Crippen molar-refractivity contribution in [1.82, 2.24) is 36.0 Å². The molecule has 0 saturated carbocycles. The molecule has 228 valence electrons. The van der Waals surface area contributed by atoms with E-state index in [1.54, 1.807) is 0 Å². The first-order valence-corrected chi connectivity index (χ1v) is 14.9. The van der Waals surface area contributed by atoms with Gasteiger partial charge in [-0.05, 0) is 53.0 Å². The minimum Gasteiger partial charge on any atom is -0.356 e. The number of rotatable bonds is 21. The smallest absolute Gasteiger partial charge is 0.242 e. The third kappa shape index (κ3) is 16.4. The Balaban J connectivity index is 2.16. The van der Waals surface area contributed by atoms with Gasteiger partial charge in [-0.3, -0.25) is 33.7 Å². The number of thioether (sulfide) groups is 1. The van der Waals surface area contributed by atoms with Crippen LogP contribution >= 0.6 is 11.8 Å². The summed E-state index contributed by atoms with van der Waals surface area (Å²) in [5, 5.41) is 10.5. The molecule has 0 spiro atoms. The SMILES string of the molecule is CC(=O)NCCCN(C)CCCNC(=O)CSC1CC(=O)N(CCC(=O)NCCCN(C)CCNC(C)=O)C1=O. The Hall–Kier alpha value is -2.71. The lowest BCUT2D eigenvalue weighted by Crippen LogP contribution is -2.37. The van der Waals surface area contributed by atoms with E-state index in [-0.39, 0.29) is 60.6 Å². The molecule has 0 aromatic heterocycles. The number of carbonyl (C=O) groups is 6. The van der Waals surface area contributed by atoms with E-state index in [1.165, 1.54) is 13.8 Å². The number of hydrogen-bond donors (Lipinski definition) is 4. The molecule has 0 radical (unpaired) electrons. The van der Waals surface area contributed by atoms with Crippen molar-refractivity contribution in [2.75, 3.05) is 78.8 Å². The van der Waals surface area contributed by atoms with E-state index in [1.807, 2.05) is 14.1 Å². The van der Waals surface area contributed by atoms with Crippen molar-refractivity contribution in [3.05, 3.63) is 0 Å². The second-order valence-electron chi connectivity index (χ2n) is 9.97. The summed E-state index contributed by atoms with van der Waals surface area (Å²) in [5.41, 5.74) is 0. The number of carbonyl (C=O) groups excluding carboxylic acids is 6. The molecule has 4 N–H and O–H groups in total. The molecule has 40 heavy (non-hydrogen) atoms. The fourth-order valence-electron chi connectivity index (χ4n) is 3.96. The van der Waals surface area contributed by atoms with Crippen molar-refractivity contribution in [3.63, 3.8) is 0 Å². The summed E-state index contributed by atoms with van der Waals surface area (Å²) in [5.74, 6) is -1.09. The van der Waals surface area contributed by atoms with E-state index >= 15 is 0 Å². The summed E-state index contributed by atoms with van der Waals surface area (Å²) >= 11 is 1.15. The second-order valence-corrected chi connectivity index (χ2v) is 11.2. The fraction of sp³-hybridized carbons (Fsp3) is 0.769. The Bertz CT molecular complexity index is 859. The molecule has 1 fully saturated rings. The van der Waals surface area contributed by atoms with Crippen molar-refractivity contribution >= 4 is 47.2 Å². The average molecular weight is 586 g/mol. The van der Waals surface area contributed by atoms with Crippen LogP contribution in [0, 0.1) is 0 Å². The van der Waals surface area contributed by atoms with Crippen molar-refractivity contribution in [1.29, 1.82) is 0 Å². The van der Waals surface area contributed by atoms with E-state index in [9.17, 15) is 28.8 Å². The Labute approximate surface area is 241 Å². The molecule has 1 rings (SSSR count). The number of nitrogens with zero attached hydrogens (tertiary/aromatic N) is 3. The van der Waals surface area contributed by atoms with Gasteiger partial charge in [-0.25, -0.2) is 0 Å². The van der Waals surface area contributed by atoms with Crippen LogP contribution in [0.15, 0.2) is 0 Å². The minimum absolute atomic E-state index is 0.0295. The van der Waals surface area contributed by atoms with Crippen molar-refractivity contribution < 1.29 is 28.8 Å². The lowest BCUT2D eigenvalue weighted by Gasteiger charge is -2.17. The molecule has 1 unspecified atom stereocenters. The number of nitrogens with one attached hydrogen (secondary N) is 4. The zero-order chi connectivity index (χ0) is 29.9. The Morgan fingerprint density at radius 2 is 1.27 bits per heavy atom. The van der Waals surface area contributed by atoms with Gasteiger partial charge in [0.05, 0.1) is 11.0 Å². The highest BCUT2D eigenvalue weighted by Gasteiger charge is 2.38. The molecule has 0 aliphatic carbocycles. The highest BCUT2D eigenvalue weighted by atomic mass is 32.2. The first kappa shape index (κ1) is 35.3. The topological polar surface area (TPSA) is 160 Å². The van der Waals surface area contributed by atoms with Crippen LogP contribution in [0.4, 0.5) is 0 Å². The van der Waals surface area contributed by atoms with Crippen LogP contribution in [0.2, 0.25) is 0 Å². The summed E-state index contributed by atoms with van der Waals surface area (Å²) in [6.07, 6.45) is 2.44. The predicted molar refractivity (Wildman–Crippen MR) is 154 cm³/mol. The maximum atomic E-state index is 12.6. The van der Waals surface area contributed by atoms with E-state index in [0.717, 1.165) is 55.6 Å². The normalized spacial score (nSPS) is 15.1. The van der Waals surface area contributed by atoms with Crippen molar-refractivity contribution in [2.24, 2.45) is 0 Å². The summed E-state index contributed by atoms with van der Waals surface area (Å²) in [4.78, 5) is 76.4. The van der Waals surface area contributed by atoms with Crippen LogP contribution in [-0.2, 0) is 28.8 Å². The van der Waals surface area contributed by atoms with Gasteiger partial charge >= 0.3 is 0 Å².